The van der Waals surface area contributed by atoms with E-state index in [-0.39, 0.29) is 11.9 Å². The lowest BCUT2D eigenvalue weighted by Crippen LogP contribution is -2.52. The third-order valence-corrected chi connectivity index (χ3v) is 5.21. The molecule has 3 aromatic rings. The zero-order valence-corrected chi connectivity index (χ0v) is 15.1. The van der Waals surface area contributed by atoms with E-state index in [9.17, 15) is 9.18 Å². The quantitative estimate of drug-likeness (QED) is 0.721. The fourth-order valence-electron chi connectivity index (χ4n) is 2.88. The van der Waals surface area contributed by atoms with Gasteiger partial charge in [-0.2, -0.15) is 0 Å². The van der Waals surface area contributed by atoms with Crippen LogP contribution in [0.2, 0.25) is 0 Å². The van der Waals surface area contributed by atoms with Crippen molar-refractivity contribution >= 4 is 28.9 Å². The Labute approximate surface area is 159 Å². The van der Waals surface area contributed by atoms with Crippen LogP contribution in [-0.4, -0.2) is 39.0 Å². The Bertz CT molecular complexity index is 941. The molecule has 0 radical (unpaired) electrons. The number of nitrogens with one attached hydrogen (secondary N) is 1. The van der Waals surface area contributed by atoms with Crippen LogP contribution in [0, 0.1) is 11.7 Å². The molecular formula is C18H17FN6OS. The second-order valence-electron chi connectivity index (χ2n) is 6.33. The van der Waals surface area contributed by atoms with Crippen LogP contribution in [0.5, 0.6) is 0 Å². The monoisotopic (exact) mass is 384 g/mol. The van der Waals surface area contributed by atoms with Gasteiger partial charge in [0.05, 0.1) is 28.7 Å². The van der Waals surface area contributed by atoms with Gasteiger partial charge in [0, 0.05) is 25.4 Å². The Kier molecular flexibility index (Phi) is 4.68. The molecule has 0 bridgehead atoms. The Morgan fingerprint density at radius 1 is 1.30 bits per heavy atom. The maximum absolute atomic E-state index is 12.8. The average molecular weight is 384 g/mol. The van der Waals surface area contributed by atoms with E-state index in [0.717, 1.165) is 23.0 Å². The van der Waals surface area contributed by atoms with E-state index >= 15 is 0 Å². The summed E-state index contributed by atoms with van der Waals surface area (Å²) in [5, 5.41) is 4.75. The van der Waals surface area contributed by atoms with E-state index in [2.05, 4.69) is 20.3 Å². The number of urea groups is 1. The summed E-state index contributed by atoms with van der Waals surface area (Å²) in [5.74, 6) is 0.736. The third kappa shape index (κ3) is 3.87. The van der Waals surface area contributed by atoms with E-state index in [1.54, 1.807) is 22.3 Å². The summed E-state index contributed by atoms with van der Waals surface area (Å²) in [6.07, 6.45) is 2.92. The molecule has 1 aliphatic rings. The number of rotatable bonds is 4. The number of pyridine rings is 1. The molecule has 7 nitrogen and oxygen atoms in total. The van der Waals surface area contributed by atoms with Crippen LogP contribution >= 0.6 is 11.3 Å². The number of likely N-dealkylation sites (tertiary alicyclic amines) is 1. The van der Waals surface area contributed by atoms with Gasteiger partial charge in [0.15, 0.2) is 11.6 Å². The zero-order chi connectivity index (χ0) is 18.8. The summed E-state index contributed by atoms with van der Waals surface area (Å²) in [6, 6.07) is 7.24. The molecule has 0 saturated carbocycles. The van der Waals surface area contributed by atoms with Gasteiger partial charge in [-0.15, -0.1) is 11.3 Å². The summed E-state index contributed by atoms with van der Waals surface area (Å²) in [7, 11) is 0. The summed E-state index contributed by atoms with van der Waals surface area (Å²) in [5.41, 5.74) is 7.14. The van der Waals surface area contributed by atoms with Crippen LogP contribution in [-0.2, 0) is 6.42 Å². The number of aromatic nitrogens is 3. The van der Waals surface area contributed by atoms with Gasteiger partial charge in [0.1, 0.15) is 5.82 Å². The number of nitrogens with zero attached hydrogens (tertiary/aromatic N) is 4. The van der Waals surface area contributed by atoms with E-state index in [4.69, 9.17) is 5.73 Å². The molecule has 3 aromatic heterocycles. The standard InChI is InChI=1S/C18H17FN6OS/c19-12-7-21-16(22-8-12)6-11-9-25(10-11)18(26)24-17-13(20)3-4-14(23-17)15-2-1-5-27-15/h1-5,7-8,11H,6,9-10,20H2,(H,23,24,26). The van der Waals surface area contributed by atoms with Crippen molar-refractivity contribution in [2.45, 2.75) is 6.42 Å². The zero-order valence-electron chi connectivity index (χ0n) is 14.3. The molecule has 1 fully saturated rings. The molecule has 0 unspecified atom stereocenters. The van der Waals surface area contributed by atoms with Gasteiger partial charge in [0.25, 0.3) is 0 Å². The van der Waals surface area contributed by atoms with Crippen LogP contribution in [0.4, 0.5) is 20.7 Å². The lowest BCUT2D eigenvalue weighted by atomic mass is 9.96. The average Bonchev–Trinajstić information content (AvgIpc) is 3.16. The highest BCUT2D eigenvalue weighted by Gasteiger charge is 2.31. The first-order valence-electron chi connectivity index (χ1n) is 8.41. The van der Waals surface area contributed by atoms with E-state index in [1.165, 1.54) is 0 Å². The normalized spacial score (nSPS) is 14.0. The van der Waals surface area contributed by atoms with Gasteiger partial charge >= 0.3 is 6.03 Å². The van der Waals surface area contributed by atoms with Crippen molar-refractivity contribution < 1.29 is 9.18 Å². The van der Waals surface area contributed by atoms with E-state index < -0.39 is 5.82 Å². The van der Waals surface area contributed by atoms with Crippen molar-refractivity contribution in [1.29, 1.82) is 0 Å². The molecule has 4 heterocycles. The Morgan fingerprint density at radius 2 is 2.07 bits per heavy atom. The highest BCUT2D eigenvalue weighted by Crippen LogP contribution is 2.27. The van der Waals surface area contributed by atoms with Gasteiger partial charge in [-0.3, -0.25) is 5.32 Å². The van der Waals surface area contributed by atoms with Crippen molar-refractivity contribution in [3.8, 4) is 10.6 Å². The van der Waals surface area contributed by atoms with Gasteiger partial charge in [0.2, 0.25) is 0 Å². The topological polar surface area (TPSA) is 97.0 Å². The maximum atomic E-state index is 12.8. The van der Waals surface area contributed by atoms with Gasteiger partial charge in [-0.05, 0) is 23.6 Å². The smallest absolute Gasteiger partial charge is 0.323 e. The first-order valence-corrected chi connectivity index (χ1v) is 9.29. The molecule has 0 atom stereocenters. The van der Waals surface area contributed by atoms with Gasteiger partial charge in [-0.1, -0.05) is 6.07 Å². The van der Waals surface area contributed by atoms with Crippen LogP contribution in [0.15, 0.2) is 42.0 Å². The number of halogens is 1. The predicted octanol–water partition coefficient (Wildman–Crippen LogP) is 3.03. The molecular weight excluding hydrogens is 367 g/mol. The fourth-order valence-corrected chi connectivity index (χ4v) is 3.57. The number of anilines is 2. The molecule has 4 rings (SSSR count). The number of nitrogens with two attached hydrogens (primary N) is 1. The molecule has 27 heavy (non-hydrogen) atoms. The number of hydrogen-bond acceptors (Lipinski definition) is 6. The largest absolute Gasteiger partial charge is 0.396 e. The first kappa shape index (κ1) is 17.3. The molecule has 3 N–H and O–H groups in total. The molecule has 138 valence electrons. The number of thiophene rings is 1. The van der Waals surface area contributed by atoms with Crippen LogP contribution < -0.4 is 11.1 Å². The Balaban J connectivity index is 1.35. The lowest BCUT2D eigenvalue weighted by molar-refractivity contribution is 0.129. The van der Waals surface area contributed by atoms with Crippen LogP contribution in [0.1, 0.15) is 5.82 Å². The number of amides is 2. The van der Waals surface area contributed by atoms with Crippen molar-refractivity contribution in [3.63, 3.8) is 0 Å². The molecule has 9 heteroatoms. The minimum absolute atomic E-state index is 0.242. The molecule has 0 aliphatic carbocycles. The SMILES string of the molecule is Nc1ccc(-c2cccs2)nc1NC(=O)N1CC(Cc2ncc(F)cn2)C1. The number of nitrogen functional groups attached to an aromatic ring is 1. The maximum Gasteiger partial charge on any atom is 0.323 e. The molecule has 0 spiro atoms. The second-order valence-corrected chi connectivity index (χ2v) is 7.28. The van der Waals surface area contributed by atoms with Crippen molar-refractivity contribution in [1.82, 2.24) is 19.9 Å². The minimum atomic E-state index is -0.455. The van der Waals surface area contributed by atoms with Crippen molar-refractivity contribution in [3.05, 3.63) is 53.7 Å². The summed E-state index contributed by atoms with van der Waals surface area (Å²) >= 11 is 1.57. The Hall–Kier alpha value is -3.07. The predicted molar refractivity (Wildman–Crippen MR) is 102 cm³/mol. The molecule has 1 aliphatic heterocycles. The van der Waals surface area contributed by atoms with Crippen LogP contribution in [0.25, 0.3) is 10.6 Å². The molecule has 0 aromatic carbocycles. The number of carbonyl (C=O) groups excluding carboxylic acids is 1. The summed E-state index contributed by atoms with van der Waals surface area (Å²) in [6.45, 7) is 1.16. The summed E-state index contributed by atoms with van der Waals surface area (Å²) < 4.78 is 12.8. The molecule has 2 amide bonds. The van der Waals surface area contributed by atoms with Crippen LogP contribution in [0.3, 0.4) is 0 Å². The molecule has 1 saturated heterocycles. The highest BCUT2D eigenvalue weighted by molar-refractivity contribution is 7.13. The van der Waals surface area contributed by atoms with E-state index in [1.807, 2.05) is 23.6 Å². The first-order chi connectivity index (χ1) is 13.1. The van der Waals surface area contributed by atoms with Gasteiger partial charge < -0.3 is 10.6 Å². The number of carbonyl (C=O) groups is 1. The minimum Gasteiger partial charge on any atom is -0.396 e. The van der Waals surface area contributed by atoms with Gasteiger partial charge in [-0.25, -0.2) is 24.1 Å². The second kappa shape index (κ2) is 7.28. The van der Waals surface area contributed by atoms with Crippen molar-refractivity contribution in [2.24, 2.45) is 5.92 Å². The Morgan fingerprint density at radius 3 is 2.78 bits per heavy atom. The lowest BCUT2D eigenvalue weighted by Gasteiger charge is -2.38. The van der Waals surface area contributed by atoms with E-state index in [0.29, 0.717) is 36.8 Å². The number of hydrogen-bond donors (Lipinski definition) is 2. The van der Waals surface area contributed by atoms with Crippen molar-refractivity contribution in [2.75, 3.05) is 24.1 Å². The fraction of sp³-hybridized carbons (Fsp3) is 0.222. The highest BCUT2D eigenvalue weighted by atomic mass is 32.1. The third-order valence-electron chi connectivity index (χ3n) is 4.31. The summed E-state index contributed by atoms with van der Waals surface area (Å²) in [4.78, 5) is 27.5.